The van der Waals surface area contributed by atoms with Crippen LogP contribution in [0.25, 0.3) is 10.9 Å². The Balaban J connectivity index is 1.61. The molecule has 0 radical (unpaired) electrons. The summed E-state index contributed by atoms with van der Waals surface area (Å²) in [5, 5.41) is 4.54. The second-order valence-electron chi connectivity index (χ2n) is 5.06. The van der Waals surface area contributed by atoms with Crippen molar-refractivity contribution in [2.45, 2.75) is 31.8 Å². The highest BCUT2D eigenvalue weighted by atomic mass is 35.5. The normalized spacial score (nSPS) is 15.8. The molecule has 1 aliphatic rings. The van der Waals surface area contributed by atoms with Crippen LogP contribution < -0.4 is 5.32 Å². The van der Waals surface area contributed by atoms with Gasteiger partial charge in [-0.3, -0.25) is 0 Å². The van der Waals surface area contributed by atoms with Crippen LogP contribution in [-0.2, 0) is 4.74 Å². The van der Waals surface area contributed by atoms with Crippen LogP contribution in [0.15, 0.2) is 24.3 Å². The summed E-state index contributed by atoms with van der Waals surface area (Å²) < 4.78 is 5.83. The second-order valence-corrected chi connectivity index (χ2v) is 5.40. The number of hydrogen-bond donors (Lipinski definition) is 1. The van der Waals surface area contributed by atoms with E-state index >= 15 is 0 Å². The SMILES string of the molecule is Clc1nc(NCCOC2CCCC2)c2ccccc2n1. The van der Waals surface area contributed by atoms with Gasteiger partial charge >= 0.3 is 0 Å². The Morgan fingerprint density at radius 2 is 2.00 bits per heavy atom. The van der Waals surface area contributed by atoms with Crippen LogP contribution >= 0.6 is 11.6 Å². The Hall–Kier alpha value is -1.39. The smallest absolute Gasteiger partial charge is 0.224 e. The van der Waals surface area contributed by atoms with Crippen molar-refractivity contribution in [1.29, 1.82) is 0 Å². The van der Waals surface area contributed by atoms with Crippen molar-refractivity contribution in [3.05, 3.63) is 29.5 Å². The number of rotatable bonds is 5. The maximum atomic E-state index is 5.95. The van der Waals surface area contributed by atoms with Crippen LogP contribution in [0.2, 0.25) is 5.28 Å². The van der Waals surface area contributed by atoms with Crippen LogP contribution in [0.3, 0.4) is 0 Å². The molecule has 4 nitrogen and oxygen atoms in total. The third kappa shape index (κ3) is 3.19. The molecule has 0 aliphatic heterocycles. The largest absolute Gasteiger partial charge is 0.376 e. The van der Waals surface area contributed by atoms with Gasteiger partial charge in [0, 0.05) is 11.9 Å². The lowest BCUT2D eigenvalue weighted by Crippen LogP contribution is -2.16. The van der Waals surface area contributed by atoms with E-state index in [2.05, 4.69) is 15.3 Å². The Bertz CT molecular complexity index is 584. The van der Waals surface area contributed by atoms with Crippen molar-refractivity contribution in [1.82, 2.24) is 9.97 Å². The fraction of sp³-hybridized carbons (Fsp3) is 0.467. The number of para-hydroxylation sites is 1. The highest BCUT2D eigenvalue weighted by Crippen LogP contribution is 2.22. The highest BCUT2D eigenvalue weighted by molar-refractivity contribution is 6.28. The standard InChI is InChI=1S/C15H18ClN3O/c16-15-18-13-8-4-3-7-12(13)14(19-15)17-9-10-20-11-5-1-2-6-11/h3-4,7-8,11H,1-2,5-6,9-10H2,(H,17,18,19). The molecule has 1 saturated carbocycles. The molecule has 20 heavy (non-hydrogen) atoms. The van der Waals surface area contributed by atoms with Gasteiger partial charge in [-0.1, -0.05) is 25.0 Å². The van der Waals surface area contributed by atoms with Gasteiger partial charge in [0.15, 0.2) is 0 Å². The maximum absolute atomic E-state index is 5.95. The molecular weight excluding hydrogens is 274 g/mol. The average molecular weight is 292 g/mol. The first-order chi connectivity index (χ1) is 9.83. The van der Waals surface area contributed by atoms with E-state index in [1.54, 1.807) is 0 Å². The first-order valence-corrected chi connectivity index (χ1v) is 7.48. The molecule has 0 amide bonds. The van der Waals surface area contributed by atoms with Gasteiger partial charge in [0.05, 0.1) is 18.2 Å². The molecule has 1 aromatic carbocycles. The zero-order valence-corrected chi connectivity index (χ0v) is 12.1. The molecule has 2 aromatic rings. The van der Waals surface area contributed by atoms with Gasteiger partial charge < -0.3 is 10.1 Å². The third-order valence-electron chi connectivity index (χ3n) is 3.63. The molecule has 106 valence electrons. The van der Waals surface area contributed by atoms with Gasteiger partial charge in [-0.2, -0.15) is 0 Å². The van der Waals surface area contributed by atoms with E-state index in [9.17, 15) is 0 Å². The lowest BCUT2D eigenvalue weighted by Gasteiger charge is -2.12. The molecule has 1 aliphatic carbocycles. The van der Waals surface area contributed by atoms with Crippen molar-refractivity contribution < 1.29 is 4.74 Å². The first-order valence-electron chi connectivity index (χ1n) is 7.11. The summed E-state index contributed by atoms with van der Waals surface area (Å²) in [7, 11) is 0. The Morgan fingerprint density at radius 1 is 1.20 bits per heavy atom. The van der Waals surface area contributed by atoms with Crippen molar-refractivity contribution in [2.24, 2.45) is 0 Å². The lowest BCUT2D eigenvalue weighted by atomic mass is 10.2. The number of hydrogen-bond acceptors (Lipinski definition) is 4. The summed E-state index contributed by atoms with van der Waals surface area (Å²) in [4.78, 5) is 8.47. The molecule has 1 heterocycles. The fourth-order valence-electron chi connectivity index (χ4n) is 2.63. The number of anilines is 1. The van der Waals surface area contributed by atoms with Crippen LogP contribution in [-0.4, -0.2) is 29.2 Å². The van der Waals surface area contributed by atoms with Crippen LogP contribution in [0.5, 0.6) is 0 Å². The zero-order chi connectivity index (χ0) is 13.8. The number of nitrogens with zero attached hydrogens (tertiary/aromatic N) is 2. The molecular formula is C15H18ClN3O. The number of nitrogens with one attached hydrogen (secondary N) is 1. The van der Waals surface area contributed by atoms with Gasteiger partial charge in [-0.15, -0.1) is 0 Å². The van der Waals surface area contributed by atoms with E-state index in [4.69, 9.17) is 16.3 Å². The average Bonchev–Trinajstić information content (AvgIpc) is 2.96. The quantitative estimate of drug-likeness (QED) is 0.675. The van der Waals surface area contributed by atoms with Crippen LogP contribution in [0.4, 0.5) is 5.82 Å². The van der Waals surface area contributed by atoms with E-state index in [0.29, 0.717) is 12.7 Å². The third-order valence-corrected chi connectivity index (χ3v) is 3.80. The predicted octanol–water partition coefficient (Wildman–Crippen LogP) is 3.65. The number of ether oxygens (including phenoxy) is 1. The van der Waals surface area contributed by atoms with E-state index in [-0.39, 0.29) is 5.28 Å². The fourth-order valence-corrected chi connectivity index (χ4v) is 2.81. The van der Waals surface area contributed by atoms with E-state index < -0.39 is 0 Å². The Kier molecular flexibility index (Phi) is 4.33. The summed E-state index contributed by atoms with van der Waals surface area (Å²) in [5.41, 5.74) is 0.853. The van der Waals surface area contributed by atoms with Crippen molar-refractivity contribution in [3.8, 4) is 0 Å². The minimum Gasteiger partial charge on any atom is -0.376 e. The highest BCUT2D eigenvalue weighted by Gasteiger charge is 2.14. The van der Waals surface area contributed by atoms with E-state index in [1.807, 2.05) is 24.3 Å². The minimum absolute atomic E-state index is 0.267. The molecule has 1 N–H and O–H groups in total. The number of benzene rings is 1. The van der Waals surface area contributed by atoms with Crippen molar-refractivity contribution >= 4 is 28.3 Å². The molecule has 3 rings (SSSR count). The molecule has 0 atom stereocenters. The predicted molar refractivity (Wildman–Crippen MR) is 81.2 cm³/mol. The van der Waals surface area contributed by atoms with E-state index in [1.165, 1.54) is 25.7 Å². The number of fused-ring (bicyclic) bond motifs is 1. The Morgan fingerprint density at radius 3 is 2.85 bits per heavy atom. The van der Waals surface area contributed by atoms with Crippen LogP contribution in [0.1, 0.15) is 25.7 Å². The van der Waals surface area contributed by atoms with Gasteiger partial charge in [0.1, 0.15) is 5.82 Å². The van der Waals surface area contributed by atoms with Crippen molar-refractivity contribution in [3.63, 3.8) is 0 Å². The first kappa shape index (κ1) is 13.6. The molecule has 5 heteroatoms. The van der Waals surface area contributed by atoms with Crippen molar-refractivity contribution in [2.75, 3.05) is 18.5 Å². The van der Waals surface area contributed by atoms with E-state index in [0.717, 1.165) is 23.3 Å². The number of aromatic nitrogens is 2. The maximum Gasteiger partial charge on any atom is 0.224 e. The summed E-state index contributed by atoms with van der Waals surface area (Å²) in [5.74, 6) is 0.774. The molecule has 0 unspecified atom stereocenters. The Labute approximate surface area is 123 Å². The number of halogens is 1. The molecule has 0 saturated heterocycles. The van der Waals surface area contributed by atoms with Gasteiger partial charge in [-0.25, -0.2) is 9.97 Å². The summed E-state index contributed by atoms with van der Waals surface area (Å²) >= 11 is 5.95. The van der Waals surface area contributed by atoms with Gasteiger partial charge in [0.25, 0.3) is 0 Å². The molecule has 1 fully saturated rings. The van der Waals surface area contributed by atoms with Gasteiger partial charge in [0.2, 0.25) is 5.28 Å². The summed E-state index contributed by atoms with van der Waals surface area (Å²) in [6, 6.07) is 7.84. The summed E-state index contributed by atoms with van der Waals surface area (Å²) in [6.45, 7) is 1.43. The molecule has 0 bridgehead atoms. The van der Waals surface area contributed by atoms with Gasteiger partial charge in [-0.05, 0) is 36.6 Å². The minimum atomic E-state index is 0.267. The lowest BCUT2D eigenvalue weighted by molar-refractivity contribution is 0.0659. The topological polar surface area (TPSA) is 47.0 Å². The second kappa shape index (κ2) is 6.37. The zero-order valence-electron chi connectivity index (χ0n) is 11.3. The summed E-state index contributed by atoms with van der Waals surface area (Å²) in [6.07, 6.45) is 5.43. The monoisotopic (exact) mass is 291 g/mol. The molecule has 0 spiro atoms. The molecule has 1 aromatic heterocycles. The van der Waals surface area contributed by atoms with Crippen LogP contribution in [0, 0.1) is 0 Å².